The Morgan fingerprint density at radius 1 is 1.07 bits per heavy atom. The number of nitrogens with zero attached hydrogens (tertiary/aromatic N) is 5. The van der Waals surface area contributed by atoms with Gasteiger partial charge >= 0.3 is 6.18 Å². The first kappa shape index (κ1) is 34.9. The van der Waals surface area contributed by atoms with Gasteiger partial charge in [-0.15, -0.1) is 0 Å². The lowest BCUT2D eigenvalue weighted by atomic mass is 9.93. The van der Waals surface area contributed by atoms with Crippen LogP contribution in [0.15, 0.2) is 30.3 Å². The summed E-state index contributed by atoms with van der Waals surface area (Å²) in [6.45, 7) is 1.74. The Morgan fingerprint density at radius 3 is 2.37 bits per heavy atom. The van der Waals surface area contributed by atoms with Gasteiger partial charge in [0.05, 0.1) is 17.4 Å². The molecule has 2 aliphatic heterocycles. The van der Waals surface area contributed by atoms with Crippen LogP contribution in [0.3, 0.4) is 0 Å². The molecule has 17 heteroatoms. The predicted molar refractivity (Wildman–Crippen MR) is 162 cm³/mol. The van der Waals surface area contributed by atoms with Crippen molar-refractivity contribution in [3.63, 3.8) is 0 Å². The normalized spacial score (nSPS) is 18.2. The second kappa shape index (κ2) is 15.1. The van der Waals surface area contributed by atoms with Crippen LogP contribution in [0.4, 0.5) is 24.8 Å². The molecule has 250 valence electrons. The molecule has 0 bridgehead atoms. The Bertz CT molecular complexity index is 1530. The molecular weight excluding hydrogens is 629 g/mol. The zero-order chi connectivity index (χ0) is 33.5. The van der Waals surface area contributed by atoms with Gasteiger partial charge in [-0.25, -0.2) is 9.97 Å². The number of halogens is 3. The zero-order valence-electron chi connectivity index (χ0n) is 25.0. The molecular formula is C29H37F3N8O5S. The van der Waals surface area contributed by atoms with E-state index in [1.165, 1.54) is 6.07 Å². The van der Waals surface area contributed by atoms with E-state index < -0.39 is 45.9 Å². The lowest BCUT2D eigenvalue weighted by molar-refractivity contribution is -0.144. The van der Waals surface area contributed by atoms with E-state index in [2.05, 4.69) is 20.6 Å². The summed E-state index contributed by atoms with van der Waals surface area (Å²) in [5.74, 6) is -2.87. The molecule has 0 saturated carbocycles. The fourth-order valence-electron chi connectivity index (χ4n) is 5.65. The molecule has 1 aromatic carbocycles. The number of rotatable bonds is 12. The van der Waals surface area contributed by atoms with Crippen molar-refractivity contribution in [2.75, 3.05) is 48.3 Å². The Morgan fingerprint density at radius 2 is 1.74 bits per heavy atom. The van der Waals surface area contributed by atoms with Crippen molar-refractivity contribution in [1.29, 1.82) is 5.26 Å². The third-order valence-electron chi connectivity index (χ3n) is 8.12. The van der Waals surface area contributed by atoms with Crippen LogP contribution < -0.4 is 26.2 Å². The Balaban J connectivity index is 1.35. The van der Waals surface area contributed by atoms with Crippen molar-refractivity contribution in [2.24, 2.45) is 11.7 Å². The molecule has 1 aromatic heterocycles. The average Bonchev–Trinajstić information content (AvgIpc) is 3.51. The van der Waals surface area contributed by atoms with Gasteiger partial charge in [0, 0.05) is 38.8 Å². The molecule has 2 saturated heterocycles. The fourth-order valence-corrected chi connectivity index (χ4v) is 6.25. The number of alkyl halides is 3. The number of hydrogen-bond donors (Lipinski definition) is 4. The largest absolute Gasteiger partial charge is 0.451 e. The first-order chi connectivity index (χ1) is 21.7. The number of aromatic nitrogens is 2. The van der Waals surface area contributed by atoms with Crippen LogP contribution in [-0.2, 0) is 32.3 Å². The molecule has 1 unspecified atom stereocenters. The summed E-state index contributed by atoms with van der Waals surface area (Å²) in [4.78, 5) is 36.1. The number of nitriles is 1. The number of hydrogen-bond acceptors (Lipinski definition) is 10. The van der Waals surface area contributed by atoms with Gasteiger partial charge < -0.3 is 26.2 Å². The third-order valence-corrected chi connectivity index (χ3v) is 8.90. The Labute approximate surface area is 265 Å². The van der Waals surface area contributed by atoms with Gasteiger partial charge in [-0.1, -0.05) is 12.1 Å². The molecule has 2 atom stereocenters. The molecule has 13 nitrogen and oxygen atoms in total. The molecule has 3 heterocycles. The van der Waals surface area contributed by atoms with Crippen LogP contribution in [0.5, 0.6) is 0 Å². The third kappa shape index (κ3) is 9.74. The smallest absolute Gasteiger partial charge is 0.356 e. The first-order valence-corrected chi connectivity index (χ1v) is 16.6. The van der Waals surface area contributed by atoms with E-state index in [1.807, 2.05) is 6.07 Å². The number of amides is 2. The quantitative estimate of drug-likeness (QED) is 0.241. The van der Waals surface area contributed by atoms with Gasteiger partial charge in [-0.3, -0.25) is 14.1 Å². The monoisotopic (exact) mass is 666 g/mol. The summed E-state index contributed by atoms with van der Waals surface area (Å²) in [5.41, 5.74) is 6.97. The molecule has 2 amide bonds. The second-order valence-corrected chi connectivity index (χ2v) is 13.0. The molecule has 2 fully saturated rings. The van der Waals surface area contributed by atoms with Gasteiger partial charge in [-0.05, 0) is 62.1 Å². The molecule has 4 rings (SSSR count). The van der Waals surface area contributed by atoms with Gasteiger partial charge in [0.15, 0.2) is 0 Å². The van der Waals surface area contributed by atoms with Crippen LogP contribution in [0.25, 0.3) is 0 Å². The summed E-state index contributed by atoms with van der Waals surface area (Å²) in [6, 6.07) is 8.46. The van der Waals surface area contributed by atoms with E-state index in [4.69, 9.17) is 15.5 Å². The number of carbonyl (C=O) groups is 2. The van der Waals surface area contributed by atoms with E-state index in [-0.39, 0.29) is 30.0 Å². The van der Waals surface area contributed by atoms with E-state index in [1.54, 1.807) is 34.1 Å². The van der Waals surface area contributed by atoms with E-state index in [9.17, 15) is 31.2 Å². The maximum absolute atomic E-state index is 13.9. The van der Waals surface area contributed by atoms with Crippen molar-refractivity contribution in [1.82, 2.24) is 20.6 Å². The molecule has 2 aromatic rings. The molecule has 5 N–H and O–H groups in total. The minimum Gasteiger partial charge on any atom is -0.356 e. The molecule has 2 aliphatic rings. The number of carbonyl (C=O) groups excluding carboxylic acids is 2. The Hall–Kier alpha value is -4.01. The molecule has 0 aliphatic carbocycles. The lowest BCUT2D eigenvalue weighted by Gasteiger charge is -2.34. The van der Waals surface area contributed by atoms with E-state index in [0.29, 0.717) is 70.3 Å². The highest BCUT2D eigenvalue weighted by atomic mass is 32.2. The summed E-state index contributed by atoms with van der Waals surface area (Å²) in [6.07, 6.45) is -1.41. The standard InChI is InChI=1S/C29H37F3N8O5S/c30-29(31,32)28-37-24(39-14-9-20(10-15-39)8-11-35-26(41)22(34)18-46(43,44)45)16-25(38-28)40-13-1-2-23(40)27(42)36-12-7-19-3-5-21(17-33)6-4-19/h3-6,16,20,22-23H,1-2,7-15,18,34H2,(H,35,41)(H,36,42)(H,43,44,45)/t22?,23-/m0/s1. The van der Waals surface area contributed by atoms with Gasteiger partial charge in [0.25, 0.3) is 10.1 Å². The van der Waals surface area contributed by atoms with E-state index in [0.717, 1.165) is 5.56 Å². The van der Waals surface area contributed by atoms with Crippen molar-refractivity contribution in [3.05, 3.63) is 47.3 Å². The highest BCUT2D eigenvalue weighted by Crippen LogP contribution is 2.34. The van der Waals surface area contributed by atoms with Crippen molar-refractivity contribution in [2.45, 2.75) is 56.8 Å². The van der Waals surface area contributed by atoms with Gasteiger partial charge in [-0.2, -0.15) is 26.9 Å². The predicted octanol–water partition coefficient (Wildman–Crippen LogP) is 1.63. The van der Waals surface area contributed by atoms with E-state index >= 15 is 0 Å². The van der Waals surface area contributed by atoms with Crippen LogP contribution in [0.1, 0.15) is 49.1 Å². The summed E-state index contributed by atoms with van der Waals surface area (Å²) in [7, 11) is -4.39. The Kier molecular flexibility index (Phi) is 11.4. The summed E-state index contributed by atoms with van der Waals surface area (Å²) >= 11 is 0. The second-order valence-electron chi connectivity index (χ2n) is 11.5. The minimum atomic E-state index is -4.80. The highest BCUT2D eigenvalue weighted by Gasteiger charge is 2.39. The lowest BCUT2D eigenvalue weighted by Crippen LogP contribution is -2.45. The van der Waals surface area contributed by atoms with Crippen LogP contribution >= 0.6 is 0 Å². The summed E-state index contributed by atoms with van der Waals surface area (Å²) < 4.78 is 72.4. The SMILES string of the molecule is N#Cc1ccc(CCNC(=O)[C@@H]2CCCN2c2cc(N3CCC(CCNC(=O)C(N)CS(=O)(=O)O)CC3)nc(C(F)(F)F)n2)cc1. The topological polar surface area (TPSA) is 195 Å². The van der Waals surface area contributed by atoms with Gasteiger partial charge in [0.1, 0.15) is 23.7 Å². The minimum absolute atomic E-state index is 0.0353. The van der Waals surface area contributed by atoms with Crippen molar-refractivity contribution < 1.29 is 35.7 Å². The summed E-state index contributed by atoms with van der Waals surface area (Å²) in [5, 5.41) is 14.4. The average molecular weight is 667 g/mol. The maximum Gasteiger partial charge on any atom is 0.451 e. The van der Waals surface area contributed by atoms with Gasteiger partial charge in [0.2, 0.25) is 17.6 Å². The van der Waals surface area contributed by atoms with Crippen LogP contribution in [-0.4, -0.2) is 85.3 Å². The molecule has 0 spiro atoms. The maximum atomic E-state index is 13.9. The number of piperidine rings is 1. The number of nitrogens with one attached hydrogen (secondary N) is 2. The number of benzene rings is 1. The van der Waals surface area contributed by atoms with Crippen LogP contribution in [0.2, 0.25) is 0 Å². The highest BCUT2D eigenvalue weighted by molar-refractivity contribution is 7.85. The molecule has 46 heavy (non-hydrogen) atoms. The molecule has 0 radical (unpaired) electrons. The number of anilines is 2. The first-order valence-electron chi connectivity index (χ1n) is 15.0. The van der Waals surface area contributed by atoms with Crippen molar-refractivity contribution in [3.8, 4) is 6.07 Å². The number of nitrogens with two attached hydrogens (primary N) is 1. The van der Waals surface area contributed by atoms with Crippen LogP contribution in [0, 0.1) is 17.2 Å². The zero-order valence-corrected chi connectivity index (χ0v) is 25.9. The van der Waals surface area contributed by atoms with Crippen molar-refractivity contribution >= 4 is 33.6 Å². The fraction of sp³-hybridized carbons (Fsp3) is 0.552.